The molecule has 0 aliphatic carbocycles. The molecule has 0 bridgehead atoms. The molecule has 3 rings (SSSR count). The minimum atomic E-state index is 0.0818. The fourth-order valence-corrected chi connectivity index (χ4v) is 3.75. The van der Waals surface area contributed by atoms with Crippen LogP contribution in [0.3, 0.4) is 0 Å². The number of nitrogens with zero attached hydrogens (tertiary/aromatic N) is 4. The molecule has 1 aromatic carbocycles. The monoisotopic (exact) mass is 346 g/mol. The molecule has 128 valence electrons. The van der Waals surface area contributed by atoms with Gasteiger partial charge in [-0.15, -0.1) is 10.2 Å². The maximum Gasteiger partial charge on any atom is 0.233 e. The van der Waals surface area contributed by atoms with Crippen LogP contribution in [-0.2, 0) is 9.53 Å². The van der Waals surface area contributed by atoms with E-state index >= 15 is 0 Å². The van der Waals surface area contributed by atoms with E-state index in [4.69, 9.17) is 4.74 Å². The van der Waals surface area contributed by atoms with Crippen LogP contribution in [-0.4, -0.2) is 56.6 Å². The molecule has 0 spiro atoms. The number of morpholine rings is 1. The summed E-state index contributed by atoms with van der Waals surface area (Å²) in [6.07, 6.45) is 1.85. The summed E-state index contributed by atoms with van der Waals surface area (Å²) in [5.41, 5.74) is 2.17. The molecule has 7 heteroatoms. The van der Waals surface area contributed by atoms with Crippen molar-refractivity contribution in [3.05, 3.63) is 36.2 Å². The van der Waals surface area contributed by atoms with Crippen molar-refractivity contribution in [1.29, 1.82) is 0 Å². The van der Waals surface area contributed by atoms with Gasteiger partial charge >= 0.3 is 0 Å². The van der Waals surface area contributed by atoms with Crippen LogP contribution in [0.25, 0.3) is 5.69 Å². The third kappa shape index (κ3) is 3.79. The Labute approximate surface area is 146 Å². The second-order valence-corrected chi connectivity index (χ2v) is 7.06. The summed E-state index contributed by atoms with van der Waals surface area (Å²) in [7, 11) is 0. The summed E-state index contributed by atoms with van der Waals surface area (Å²) in [6.45, 7) is 7.34. The van der Waals surface area contributed by atoms with E-state index in [1.807, 2.05) is 54.5 Å². The standard InChI is InChI=1S/C17H22N4O2S/c1-12-6-4-5-7-15(12)21-11-18-19-17(21)24-10-16(22)20-8-13(2)23-14(3)9-20/h4-7,11,13-14H,8-10H2,1-3H3/t13-,14+. The molecule has 0 N–H and O–H groups in total. The van der Waals surface area contributed by atoms with E-state index in [1.165, 1.54) is 11.8 Å². The predicted molar refractivity (Wildman–Crippen MR) is 93.4 cm³/mol. The van der Waals surface area contributed by atoms with E-state index in [2.05, 4.69) is 10.2 Å². The number of rotatable bonds is 4. The first kappa shape index (κ1) is 17.0. The van der Waals surface area contributed by atoms with Crippen molar-refractivity contribution in [2.45, 2.75) is 38.1 Å². The van der Waals surface area contributed by atoms with Crippen LogP contribution < -0.4 is 0 Å². The van der Waals surface area contributed by atoms with Crippen LogP contribution >= 0.6 is 11.8 Å². The molecule has 0 unspecified atom stereocenters. The lowest BCUT2D eigenvalue weighted by Gasteiger charge is -2.35. The first-order valence-corrected chi connectivity index (χ1v) is 9.05. The van der Waals surface area contributed by atoms with Gasteiger partial charge in [-0.05, 0) is 32.4 Å². The zero-order valence-electron chi connectivity index (χ0n) is 14.2. The fraction of sp³-hybridized carbons (Fsp3) is 0.471. The highest BCUT2D eigenvalue weighted by molar-refractivity contribution is 7.99. The van der Waals surface area contributed by atoms with E-state index in [-0.39, 0.29) is 18.1 Å². The predicted octanol–water partition coefficient (Wildman–Crippen LogP) is 2.30. The molecule has 1 amide bonds. The molecular weight excluding hydrogens is 324 g/mol. The zero-order chi connectivity index (χ0) is 17.1. The maximum atomic E-state index is 12.5. The third-order valence-electron chi connectivity index (χ3n) is 3.99. The summed E-state index contributed by atoms with van der Waals surface area (Å²) in [5, 5.41) is 8.89. The number of para-hydroxylation sites is 1. The van der Waals surface area contributed by atoms with Gasteiger partial charge in [0.15, 0.2) is 5.16 Å². The first-order valence-electron chi connectivity index (χ1n) is 8.06. The Hall–Kier alpha value is -1.86. The highest BCUT2D eigenvalue weighted by atomic mass is 32.2. The quantitative estimate of drug-likeness (QED) is 0.795. The van der Waals surface area contributed by atoms with Crippen LogP contribution in [0, 0.1) is 6.92 Å². The minimum Gasteiger partial charge on any atom is -0.372 e. The van der Waals surface area contributed by atoms with E-state index in [0.29, 0.717) is 18.8 Å². The highest BCUT2D eigenvalue weighted by Crippen LogP contribution is 2.22. The number of thioether (sulfide) groups is 1. The van der Waals surface area contributed by atoms with Gasteiger partial charge in [-0.3, -0.25) is 9.36 Å². The first-order chi connectivity index (χ1) is 11.5. The number of hydrogen-bond donors (Lipinski definition) is 0. The molecule has 1 aromatic heterocycles. The number of amides is 1. The molecule has 1 aliphatic rings. The van der Waals surface area contributed by atoms with Crippen molar-refractivity contribution in [2.75, 3.05) is 18.8 Å². The van der Waals surface area contributed by atoms with Gasteiger partial charge in [-0.1, -0.05) is 30.0 Å². The zero-order valence-corrected chi connectivity index (χ0v) is 15.0. The van der Waals surface area contributed by atoms with Gasteiger partial charge in [-0.2, -0.15) is 0 Å². The third-order valence-corrected chi connectivity index (χ3v) is 4.92. The Morgan fingerprint density at radius 2 is 2.00 bits per heavy atom. The van der Waals surface area contributed by atoms with Crippen LogP contribution in [0.1, 0.15) is 19.4 Å². The Morgan fingerprint density at radius 1 is 1.29 bits per heavy atom. The topological polar surface area (TPSA) is 60.2 Å². The van der Waals surface area contributed by atoms with Crippen LogP contribution in [0.15, 0.2) is 35.7 Å². The van der Waals surface area contributed by atoms with E-state index in [0.717, 1.165) is 16.4 Å². The van der Waals surface area contributed by atoms with Crippen LogP contribution in [0.5, 0.6) is 0 Å². The smallest absolute Gasteiger partial charge is 0.233 e. The average Bonchev–Trinajstić information content (AvgIpc) is 3.00. The average molecular weight is 346 g/mol. The van der Waals surface area contributed by atoms with Crippen molar-refractivity contribution in [1.82, 2.24) is 19.7 Å². The Morgan fingerprint density at radius 3 is 2.71 bits per heavy atom. The fourth-order valence-electron chi connectivity index (χ4n) is 2.92. The van der Waals surface area contributed by atoms with Crippen molar-refractivity contribution >= 4 is 17.7 Å². The molecule has 1 fully saturated rings. The molecule has 2 aromatic rings. The largest absolute Gasteiger partial charge is 0.372 e. The molecule has 24 heavy (non-hydrogen) atoms. The second kappa shape index (κ2) is 7.36. The molecule has 2 heterocycles. The second-order valence-electron chi connectivity index (χ2n) is 6.11. The summed E-state index contributed by atoms with van der Waals surface area (Å²) >= 11 is 1.42. The molecule has 0 saturated carbocycles. The number of carbonyl (C=O) groups excluding carboxylic acids is 1. The van der Waals surface area contributed by atoms with Gasteiger partial charge in [0, 0.05) is 13.1 Å². The van der Waals surface area contributed by atoms with Gasteiger partial charge in [0.2, 0.25) is 5.91 Å². The lowest BCUT2D eigenvalue weighted by atomic mass is 10.2. The van der Waals surface area contributed by atoms with Crippen molar-refractivity contribution in [3.8, 4) is 5.69 Å². The number of aryl methyl sites for hydroxylation is 1. The van der Waals surface area contributed by atoms with Crippen molar-refractivity contribution in [2.24, 2.45) is 0 Å². The Kier molecular flexibility index (Phi) is 5.20. The number of hydrogen-bond acceptors (Lipinski definition) is 5. The van der Waals surface area contributed by atoms with Crippen molar-refractivity contribution in [3.63, 3.8) is 0 Å². The van der Waals surface area contributed by atoms with Gasteiger partial charge in [0.25, 0.3) is 0 Å². The van der Waals surface area contributed by atoms with Gasteiger partial charge in [-0.25, -0.2) is 0 Å². The normalized spacial score (nSPS) is 21.0. The van der Waals surface area contributed by atoms with E-state index < -0.39 is 0 Å². The van der Waals surface area contributed by atoms with Gasteiger partial charge in [0.05, 0.1) is 23.6 Å². The lowest BCUT2D eigenvalue weighted by Crippen LogP contribution is -2.48. The maximum absolute atomic E-state index is 12.5. The highest BCUT2D eigenvalue weighted by Gasteiger charge is 2.26. The molecular formula is C17H22N4O2S. The van der Waals surface area contributed by atoms with Crippen LogP contribution in [0.2, 0.25) is 0 Å². The van der Waals surface area contributed by atoms with Gasteiger partial charge < -0.3 is 9.64 Å². The summed E-state index contributed by atoms with van der Waals surface area (Å²) in [5.74, 6) is 0.464. The molecule has 1 aliphatic heterocycles. The Balaban J connectivity index is 1.67. The SMILES string of the molecule is Cc1ccccc1-n1cnnc1SCC(=O)N1C[C@@H](C)O[C@@H](C)C1. The summed E-state index contributed by atoms with van der Waals surface area (Å²) in [4.78, 5) is 14.4. The van der Waals surface area contributed by atoms with E-state index in [9.17, 15) is 4.79 Å². The Bertz CT molecular complexity index is 708. The molecule has 6 nitrogen and oxygen atoms in total. The lowest BCUT2D eigenvalue weighted by molar-refractivity contribution is -0.140. The van der Waals surface area contributed by atoms with Gasteiger partial charge in [0.1, 0.15) is 6.33 Å². The molecule has 2 atom stereocenters. The summed E-state index contributed by atoms with van der Waals surface area (Å²) < 4.78 is 7.61. The van der Waals surface area contributed by atoms with Crippen molar-refractivity contribution < 1.29 is 9.53 Å². The summed E-state index contributed by atoms with van der Waals surface area (Å²) in [6, 6.07) is 8.06. The number of ether oxygens (including phenoxy) is 1. The number of carbonyl (C=O) groups is 1. The molecule has 1 saturated heterocycles. The van der Waals surface area contributed by atoms with E-state index in [1.54, 1.807) is 6.33 Å². The minimum absolute atomic E-state index is 0.0818. The number of aromatic nitrogens is 3. The molecule has 0 radical (unpaired) electrons. The van der Waals surface area contributed by atoms with Crippen LogP contribution in [0.4, 0.5) is 0 Å². The number of benzene rings is 1.